The van der Waals surface area contributed by atoms with Gasteiger partial charge in [-0.1, -0.05) is 30.3 Å². The monoisotopic (exact) mass is 566 g/mol. The van der Waals surface area contributed by atoms with E-state index in [-0.39, 0.29) is 11.6 Å². The highest BCUT2D eigenvalue weighted by Gasteiger charge is 2.31. The van der Waals surface area contributed by atoms with Gasteiger partial charge in [0.25, 0.3) is 0 Å². The van der Waals surface area contributed by atoms with Crippen molar-refractivity contribution < 1.29 is 9.53 Å². The molecule has 1 aliphatic heterocycles. The van der Waals surface area contributed by atoms with Crippen LogP contribution in [0, 0.1) is 0 Å². The van der Waals surface area contributed by atoms with Gasteiger partial charge in [0.15, 0.2) is 6.17 Å². The van der Waals surface area contributed by atoms with Gasteiger partial charge >= 0.3 is 5.69 Å². The molecule has 0 fully saturated rings. The summed E-state index contributed by atoms with van der Waals surface area (Å²) in [5, 5.41) is 6.60. The first-order valence-corrected chi connectivity index (χ1v) is 13.1. The number of hydrogen-bond donors (Lipinski definition) is 2. The van der Waals surface area contributed by atoms with Crippen molar-refractivity contribution >= 4 is 51.6 Å². The zero-order valence-electron chi connectivity index (χ0n) is 23.6. The third-order valence-corrected chi connectivity index (χ3v) is 7.09. The molecule has 1 aliphatic rings. The van der Waals surface area contributed by atoms with Crippen LogP contribution in [-0.2, 0) is 11.8 Å². The van der Waals surface area contributed by atoms with Crippen LogP contribution in [0.5, 0.6) is 5.75 Å². The lowest BCUT2D eigenvalue weighted by Gasteiger charge is -2.34. The molecule has 12 heteroatoms. The first kappa shape index (κ1) is 28.8. The van der Waals surface area contributed by atoms with Crippen molar-refractivity contribution in [1.29, 1.82) is 0 Å². The summed E-state index contributed by atoms with van der Waals surface area (Å²) in [6.07, 6.45) is 2.11. The van der Waals surface area contributed by atoms with E-state index in [1.54, 1.807) is 41.3 Å². The Kier molecular flexibility index (Phi) is 8.55. The standard InChI is InChI=1S/C28H35ClN8O3/c1-8-25(38)31-19-15-20(24(40-7)16-23(19)34(4)14-13-33(2)3)32-27-30-17-18(29)26(36(27)6)37-22-12-10-9-11-21(22)35(5)28(37)39/h8-12,15-17,26H,1,13-14H2,2-7H3,(H,30,32)(H,31,38). The number of rotatable bonds is 9. The molecule has 0 saturated heterocycles. The predicted molar refractivity (Wildman–Crippen MR) is 163 cm³/mol. The third kappa shape index (κ3) is 5.56. The molecule has 0 bridgehead atoms. The number of carbonyl (C=O) groups excluding carboxylic acids is 1. The van der Waals surface area contributed by atoms with E-state index in [0.29, 0.717) is 28.1 Å². The van der Waals surface area contributed by atoms with E-state index in [0.717, 1.165) is 29.8 Å². The summed E-state index contributed by atoms with van der Waals surface area (Å²) in [6, 6.07) is 11.2. The van der Waals surface area contributed by atoms with Crippen LogP contribution >= 0.6 is 11.6 Å². The van der Waals surface area contributed by atoms with Crippen molar-refractivity contribution in [2.24, 2.45) is 12.0 Å². The molecule has 4 rings (SSSR count). The Labute approximate surface area is 238 Å². The lowest BCUT2D eigenvalue weighted by Crippen LogP contribution is -2.44. The van der Waals surface area contributed by atoms with Crippen molar-refractivity contribution in [1.82, 2.24) is 18.9 Å². The van der Waals surface area contributed by atoms with Crippen molar-refractivity contribution in [3.8, 4) is 5.75 Å². The molecule has 2 heterocycles. The molecule has 0 spiro atoms. The molecule has 0 aliphatic carbocycles. The average Bonchev–Trinajstić information content (AvgIpc) is 3.18. The van der Waals surface area contributed by atoms with Gasteiger partial charge in [0.05, 0.1) is 40.2 Å². The van der Waals surface area contributed by atoms with Gasteiger partial charge in [0.2, 0.25) is 11.9 Å². The van der Waals surface area contributed by atoms with E-state index < -0.39 is 6.17 Å². The van der Waals surface area contributed by atoms with Crippen LogP contribution in [0.2, 0.25) is 0 Å². The predicted octanol–water partition coefficient (Wildman–Crippen LogP) is 3.46. The Hall–Kier alpha value is -4.22. The number of aryl methyl sites for hydroxylation is 1. The number of amides is 1. The number of aliphatic imine (C=N–C) groups is 1. The number of imidazole rings is 1. The van der Waals surface area contributed by atoms with Gasteiger partial charge in [0.1, 0.15) is 5.75 Å². The van der Waals surface area contributed by atoms with E-state index in [2.05, 4.69) is 27.1 Å². The summed E-state index contributed by atoms with van der Waals surface area (Å²) >= 11 is 6.65. The summed E-state index contributed by atoms with van der Waals surface area (Å²) in [5.74, 6) is 0.636. The smallest absolute Gasteiger partial charge is 0.330 e. The van der Waals surface area contributed by atoms with Gasteiger partial charge in [-0.25, -0.2) is 9.79 Å². The maximum Gasteiger partial charge on any atom is 0.330 e. The summed E-state index contributed by atoms with van der Waals surface area (Å²) in [5.41, 5.74) is 3.25. The fraction of sp³-hybridized carbons (Fsp3) is 0.321. The fourth-order valence-electron chi connectivity index (χ4n) is 4.58. The number of ether oxygens (including phenoxy) is 1. The van der Waals surface area contributed by atoms with Crippen molar-refractivity contribution in [3.63, 3.8) is 0 Å². The lowest BCUT2D eigenvalue weighted by molar-refractivity contribution is -0.111. The third-order valence-electron chi connectivity index (χ3n) is 6.80. The number of guanidine groups is 1. The number of halogens is 1. The number of aromatic nitrogens is 2. The molecule has 212 valence electrons. The Morgan fingerprint density at radius 1 is 1.15 bits per heavy atom. The van der Waals surface area contributed by atoms with Crippen LogP contribution in [0.3, 0.4) is 0 Å². The number of fused-ring (bicyclic) bond motifs is 1. The zero-order valence-corrected chi connectivity index (χ0v) is 24.4. The van der Waals surface area contributed by atoms with Crippen LogP contribution in [0.25, 0.3) is 11.0 Å². The molecule has 40 heavy (non-hydrogen) atoms. The molecule has 0 radical (unpaired) electrons. The molecule has 1 atom stereocenters. The molecule has 1 amide bonds. The van der Waals surface area contributed by atoms with E-state index in [4.69, 9.17) is 16.3 Å². The first-order valence-electron chi connectivity index (χ1n) is 12.7. The molecule has 2 N–H and O–H groups in total. The average molecular weight is 567 g/mol. The van der Waals surface area contributed by atoms with Crippen LogP contribution in [0.15, 0.2) is 70.1 Å². The number of hydrogen-bond acceptors (Lipinski definition) is 8. The van der Waals surface area contributed by atoms with Crippen molar-refractivity contribution in [2.45, 2.75) is 6.17 Å². The number of methoxy groups -OCH3 is 1. The number of nitrogens with zero attached hydrogens (tertiary/aromatic N) is 6. The maximum absolute atomic E-state index is 13.3. The summed E-state index contributed by atoms with van der Waals surface area (Å²) in [7, 11) is 11.1. The Balaban J connectivity index is 1.73. The van der Waals surface area contributed by atoms with Crippen molar-refractivity contribution in [2.75, 3.05) is 63.9 Å². The Morgan fingerprint density at radius 2 is 1.85 bits per heavy atom. The lowest BCUT2D eigenvalue weighted by atomic mass is 10.2. The van der Waals surface area contributed by atoms with Gasteiger partial charge in [-0.15, -0.1) is 0 Å². The topological polar surface area (TPSA) is 99.4 Å². The Bertz CT molecular complexity index is 1550. The number of anilines is 3. The molecular weight excluding hydrogens is 532 g/mol. The van der Waals surface area contributed by atoms with Crippen LogP contribution < -0.4 is 26.0 Å². The van der Waals surface area contributed by atoms with Gasteiger partial charge in [-0.05, 0) is 38.4 Å². The molecule has 3 aromatic rings. The zero-order chi connectivity index (χ0) is 29.1. The van der Waals surface area contributed by atoms with Crippen LogP contribution in [-0.4, -0.2) is 79.2 Å². The molecule has 0 saturated carbocycles. The second-order valence-corrected chi connectivity index (χ2v) is 10.2. The van der Waals surface area contributed by atoms with Gasteiger partial charge in [-0.3, -0.25) is 13.9 Å². The molecule has 2 aromatic carbocycles. The minimum absolute atomic E-state index is 0.206. The highest BCUT2D eigenvalue weighted by atomic mass is 35.5. The second kappa shape index (κ2) is 11.9. The van der Waals surface area contributed by atoms with Gasteiger partial charge < -0.3 is 30.1 Å². The summed E-state index contributed by atoms with van der Waals surface area (Å²) < 4.78 is 8.96. The van der Waals surface area contributed by atoms with Crippen molar-refractivity contribution in [3.05, 3.63) is 70.8 Å². The number of nitrogens with one attached hydrogen (secondary N) is 2. The minimum Gasteiger partial charge on any atom is -0.494 e. The molecule has 11 nitrogen and oxygen atoms in total. The molecule has 1 aromatic heterocycles. The SMILES string of the molecule is C=CC(=O)Nc1cc(NC2=NC=C(Cl)C(n3c(=O)n(C)c4ccccc43)N2C)c(OC)cc1N(C)CCN(C)C. The number of benzene rings is 2. The van der Waals surface area contributed by atoms with Gasteiger partial charge in [-0.2, -0.15) is 0 Å². The van der Waals surface area contributed by atoms with E-state index in [9.17, 15) is 9.59 Å². The highest BCUT2D eigenvalue weighted by Crippen LogP contribution is 2.38. The van der Waals surface area contributed by atoms with Crippen LogP contribution in [0.1, 0.15) is 6.17 Å². The minimum atomic E-state index is -0.636. The second-order valence-electron chi connectivity index (χ2n) is 9.76. The maximum atomic E-state index is 13.3. The molecule has 1 unspecified atom stereocenters. The summed E-state index contributed by atoms with van der Waals surface area (Å²) in [4.78, 5) is 36.0. The van der Waals surface area contributed by atoms with E-state index in [1.165, 1.54) is 12.3 Å². The van der Waals surface area contributed by atoms with E-state index in [1.807, 2.05) is 56.4 Å². The number of para-hydroxylation sites is 2. The van der Waals surface area contributed by atoms with Crippen LogP contribution in [0.4, 0.5) is 17.1 Å². The van der Waals surface area contributed by atoms with E-state index >= 15 is 0 Å². The van der Waals surface area contributed by atoms with Gasteiger partial charge in [0, 0.05) is 46.5 Å². The fourth-order valence-corrected chi connectivity index (χ4v) is 4.87. The Morgan fingerprint density at radius 3 is 2.50 bits per heavy atom. The number of likely N-dealkylation sites (N-methyl/N-ethyl adjacent to an activating group) is 3. The largest absolute Gasteiger partial charge is 0.494 e. The summed E-state index contributed by atoms with van der Waals surface area (Å²) in [6.45, 7) is 5.12. The number of carbonyl (C=O) groups is 1. The molecular formula is C28H35ClN8O3. The highest BCUT2D eigenvalue weighted by molar-refractivity contribution is 6.30. The normalized spacial score (nSPS) is 15.1. The quantitative estimate of drug-likeness (QED) is 0.383. The first-order chi connectivity index (χ1) is 19.1.